The van der Waals surface area contributed by atoms with Crippen molar-refractivity contribution in [1.29, 1.82) is 0 Å². The fourth-order valence-electron chi connectivity index (χ4n) is 2.99. The van der Waals surface area contributed by atoms with Gasteiger partial charge in [-0.2, -0.15) is 8.78 Å². The van der Waals surface area contributed by atoms with Crippen molar-refractivity contribution in [1.82, 2.24) is 20.2 Å². The van der Waals surface area contributed by atoms with Crippen molar-refractivity contribution in [2.24, 2.45) is 4.99 Å². The summed E-state index contributed by atoms with van der Waals surface area (Å²) in [5, 5.41) is 3.03. The summed E-state index contributed by atoms with van der Waals surface area (Å²) in [6, 6.07) is 5.61. The van der Waals surface area contributed by atoms with Gasteiger partial charge in [-0.05, 0) is 18.2 Å². The molecule has 29 heavy (non-hydrogen) atoms. The fraction of sp³-hybridized carbons (Fsp3) is 0.389. The summed E-state index contributed by atoms with van der Waals surface area (Å²) in [6.07, 6.45) is 3.39. The molecule has 2 heterocycles. The Hall–Kier alpha value is -2.31. The Morgan fingerprint density at radius 2 is 1.86 bits per heavy atom. The van der Waals surface area contributed by atoms with Crippen molar-refractivity contribution >= 4 is 35.9 Å². The number of benzene rings is 1. The molecule has 11 heteroatoms. The summed E-state index contributed by atoms with van der Waals surface area (Å²) in [5.41, 5.74) is 0.0280. The molecule has 2 aromatic rings. The first kappa shape index (κ1) is 23.0. The molecular formula is C18H22F3IN6O. The summed E-state index contributed by atoms with van der Waals surface area (Å²) in [7, 11) is 1.62. The van der Waals surface area contributed by atoms with Crippen molar-refractivity contribution in [2.45, 2.75) is 13.2 Å². The van der Waals surface area contributed by atoms with Gasteiger partial charge in [-0.25, -0.2) is 14.4 Å². The maximum Gasteiger partial charge on any atom is 0.387 e. The molecule has 7 nitrogen and oxygen atoms in total. The lowest BCUT2D eigenvalue weighted by Gasteiger charge is -2.36. The van der Waals surface area contributed by atoms with Gasteiger partial charge in [-0.15, -0.1) is 24.0 Å². The van der Waals surface area contributed by atoms with Gasteiger partial charge in [0.25, 0.3) is 0 Å². The minimum Gasteiger partial charge on any atom is -0.434 e. The number of nitrogens with one attached hydrogen (secondary N) is 1. The van der Waals surface area contributed by atoms with E-state index in [1.54, 1.807) is 25.5 Å². The number of rotatable bonds is 5. The minimum atomic E-state index is -3.02. The van der Waals surface area contributed by atoms with Crippen molar-refractivity contribution in [3.8, 4) is 5.75 Å². The van der Waals surface area contributed by atoms with Crippen molar-refractivity contribution < 1.29 is 17.9 Å². The second-order valence-electron chi connectivity index (χ2n) is 6.02. The monoisotopic (exact) mass is 522 g/mol. The molecule has 0 unspecified atom stereocenters. The van der Waals surface area contributed by atoms with Crippen LogP contribution >= 0.6 is 24.0 Å². The van der Waals surface area contributed by atoms with Gasteiger partial charge in [0, 0.05) is 57.7 Å². The highest BCUT2D eigenvalue weighted by Gasteiger charge is 2.22. The van der Waals surface area contributed by atoms with E-state index >= 15 is 0 Å². The maximum atomic E-state index is 14.1. The van der Waals surface area contributed by atoms with Crippen LogP contribution in [0.15, 0.2) is 41.7 Å². The van der Waals surface area contributed by atoms with Gasteiger partial charge in [0.15, 0.2) is 5.96 Å². The molecule has 0 aliphatic carbocycles. The summed E-state index contributed by atoms with van der Waals surface area (Å²) < 4.78 is 43.6. The van der Waals surface area contributed by atoms with Crippen LogP contribution < -0.4 is 15.0 Å². The Bertz CT molecular complexity index is 803. The molecular weight excluding hydrogens is 500 g/mol. The zero-order valence-electron chi connectivity index (χ0n) is 15.8. The first-order valence-electron chi connectivity index (χ1n) is 8.78. The predicted molar refractivity (Wildman–Crippen MR) is 114 cm³/mol. The van der Waals surface area contributed by atoms with Gasteiger partial charge < -0.3 is 19.9 Å². The lowest BCUT2D eigenvalue weighted by Crippen LogP contribution is -2.52. The smallest absolute Gasteiger partial charge is 0.387 e. The van der Waals surface area contributed by atoms with Gasteiger partial charge in [0.1, 0.15) is 11.6 Å². The molecule has 1 aromatic heterocycles. The van der Waals surface area contributed by atoms with E-state index < -0.39 is 12.4 Å². The number of piperazine rings is 1. The van der Waals surface area contributed by atoms with E-state index in [1.807, 2.05) is 4.90 Å². The number of anilines is 1. The molecule has 0 radical (unpaired) electrons. The van der Waals surface area contributed by atoms with E-state index in [1.165, 1.54) is 18.2 Å². The van der Waals surface area contributed by atoms with Gasteiger partial charge in [-0.1, -0.05) is 6.07 Å². The SMILES string of the molecule is CN=C(NCc1c(F)cccc1OC(F)F)N1CCN(c2ncccn2)CC1.I. The lowest BCUT2D eigenvalue weighted by atomic mass is 10.2. The highest BCUT2D eigenvalue weighted by atomic mass is 127. The van der Waals surface area contributed by atoms with Crippen LogP contribution in [0.1, 0.15) is 5.56 Å². The van der Waals surface area contributed by atoms with E-state index in [-0.39, 0.29) is 41.8 Å². The van der Waals surface area contributed by atoms with Crippen LogP contribution in [0, 0.1) is 5.82 Å². The van der Waals surface area contributed by atoms with E-state index in [9.17, 15) is 13.2 Å². The molecule has 0 amide bonds. The van der Waals surface area contributed by atoms with Crippen molar-refractivity contribution in [2.75, 3.05) is 38.1 Å². The molecule has 1 aliphatic heterocycles. The Labute approximate surface area is 184 Å². The molecule has 1 fully saturated rings. The molecule has 1 aromatic carbocycles. The quantitative estimate of drug-likeness (QED) is 0.371. The number of aliphatic imine (C=N–C) groups is 1. The summed E-state index contributed by atoms with van der Waals surface area (Å²) in [5.74, 6) is 0.418. The molecule has 1 N–H and O–H groups in total. The minimum absolute atomic E-state index is 0. The normalized spacial score (nSPS) is 14.6. The molecule has 1 saturated heterocycles. The van der Waals surface area contributed by atoms with Crippen LogP contribution in [0.3, 0.4) is 0 Å². The molecule has 0 bridgehead atoms. The lowest BCUT2D eigenvalue weighted by molar-refractivity contribution is -0.0506. The summed E-state index contributed by atoms with van der Waals surface area (Å²) in [4.78, 5) is 16.8. The molecule has 158 valence electrons. The van der Waals surface area contributed by atoms with Crippen LogP contribution in [0.2, 0.25) is 0 Å². The summed E-state index contributed by atoms with van der Waals surface area (Å²) >= 11 is 0. The van der Waals surface area contributed by atoms with Gasteiger partial charge in [0.2, 0.25) is 5.95 Å². The zero-order chi connectivity index (χ0) is 19.9. The van der Waals surface area contributed by atoms with Gasteiger partial charge in [-0.3, -0.25) is 4.99 Å². The standard InChI is InChI=1S/C18H21F3N6O.HI/c1-22-17(25-12-13-14(19)4-2-5-15(13)28-16(20)21)26-8-10-27(11-9-26)18-23-6-3-7-24-18;/h2-7,16H,8-12H2,1H3,(H,22,25);1H. The largest absolute Gasteiger partial charge is 0.434 e. The third-order valence-corrected chi connectivity index (χ3v) is 4.34. The van der Waals surface area contributed by atoms with Crippen molar-refractivity contribution in [3.05, 3.63) is 48.0 Å². The number of guanidine groups is 1. The third kappa shape index (κ3) is 6.08. The Balaban J connectivity index is 0.00000300. The predicted octanol–water partition coefficient (Wildman–Crippen LogP) is 2.73. The Kier molecular flexibility index (Phi) is 8.73. The fourth-order valence-corrected chi connectivity index (χ4v) is 2.99. The van der Waals surface area contributed by atoms with Crippen LogP contribution in [-0.2, 0) is 6.54 Å². The average molecular weight is 522 g/mol. The highest BCUT2D eigenvalue weighted by Crippen LogP contribution is 2.23. The number of hydrogen-bond donors (Lipinski definition) is 1. The van der Waals surface area contributed by atoms with E-state index in [0.29, 0.717) is 38.1 Å². The maximum absolute atomic E-state index is 14.1. The number of hydrogen-bond acceptors (Lipinski definition) is 5. The number of aromatic nitrogens is 2. The first-order valence-corrected chi connectivity index (χ1v) is 8.78. The van der Waals surface area contributed by atoms with Gasteiger partial charge >= 0.3 is 6.61 Å². The van der Waals surface area contributed by atoms with Crippen LogP contribution in [-0.4, -0.2) is 60.7 Å². The van der Waals surface area contributed by atoms with Crippen molar-refractivity contribution in [3.63, 3.8) is 0 Å². The van der Waals surface area contributed by atoms with Crippen LogP contribution in [0.5, 0.6) is 5.75 Å². The topological polar surface area (TPSA) is 65.9 Å². The Morgan fingerprint density at radius 3 is 2.48 bits per heavy atom. The zero-order valence-corrected chi connectivity index (χ0v) is 18.1. The Morgan fingerprint density at radius 1 is 1.17 bits per heavy atom. The van der Waals surface area contributed by atoms with E-state index in [2.05, 4.69) is 29.9 Å². The number of alkyl halides is 2. The molecule has 3 rings (SSSR count). The van der Waals surface area contributed by atoms with Crippen LogP contribution in [0.4, 0.5) is 19.1 Å². The third-order valence-electron chi connectivity index (χ3n) is 4.34. The van der Waals surface area contributed by atoms with E-state index in [0.717, 1.165) is 0 Å². The average Bonchev–Trinajstić information content (AvgIpc) is 2.71. The summed E-state index contributed by atoms with van der Waals surface area (Å²) in [6.45, 7) is -0.323. The molecule has 0 saturated carbocycles. The second-order valence-corrected chi connectivity index (χ2v) is 6.02. The molecule has 0 spiro atoms. The number of ether oxygens (including phenoxy) is 1. The second kappa shape index (κ2) is 11.0. The van der Waals surface area contributed by atoms with Crippen LogP contribution in [0.25, 0.3) is 0 Å². The van der Waals surface area contributed by atoms with Gasteiger partial charge in [0.05, 0.1) is 0 Å². The highest BCUT2D eigenvalue weighted by molar-refractivity contribution is 14.0. The molecule has 0 atom stereocenters. The first-order chi connectivity index (χ1) is 13.6. The number of halogens is 4. The molecule has 1 aliphatic rings. The number of nitrogens with zero attached hydrogens (tertiary/aromatic N) is 5. The van der Waals surface area contributed by atoms with E-state index in [4.69, 9.17) is 0 Å².